The van der Waals surface area contributed by atoms with E-state index in [0.29, 0.717) is 12.1 Å². The van der Waals surface area contributed by atoms with Crippen molar-refractivity contribution in [1.82, 2.24) is 0 Å². The van der Waals surface area contributed by atoms with Crippen molar-refractivity contribution in [1.29, 1.82) is 0 Å². The van der Waals surface area contributed by atoms with Crippen molar-refractivity contribution in [3.8, 4) is 0 Å². The fourth-order valence-electron chi connectivity index (χ4n) is 3.30. The van der Waals surface area contributed by atoms with Gasteiger partial charge >= 0.3 is 65.1 Å². The number of carbonyl (C=O) groups is 1. The number of carboxylic acid groups (broad SMARTS) is 1. The summed E-state index contributed by atoms with van der Waals surface area (Å²) in [5, 5.41) is 23.8. The number of hydrogen-bond acceptors (Lipinski definition) is 15. The van der Waals surface area contributed by atoms with Crippen LogP contribution in [-0.2, 0) is 30.1 Å². The maximum atomic E-state index is 12.3. The molecule has 0 saturated carbocycles. The Labute approximate surface area is 290 Å². The Kier molecular flexibility index (Phi) is 13.6. The Bertz CT molecular complexity index is 1920. The van der Waals surface area contributed by atoms with Gasteiger partial charge in [0.25, 0.3) is 0 Å². The molecule has 0 aliphatic heterocycles. The first-order valence-electron chi connectivity index (χ1n) is 11.1. The Morgan fingerprint density at radius 2 is 1.33 bits per heavy atom. The molecular weight excluding hydrogens is 650 g/mol. The van der Waals surface area contributed by atoms with Crippen LogP contribution in [0.3, 0.4) is 0 Å². The summed E-state index contributed by atoms with van der Waals surface area (Å²) in [5.41, 5.74) is 9.00. The van der Waals surface area contributed by atoms with Crippen LogP contribution in [0.4, 0.5) is 34.1 Å². The Balaban J connectivity index is 0.00000462. The zero-order chi connectivity index (χ0) is 30.8. The zero-order valence-electron chi connectivity index (χ0n) is 22.8. The van der Waals surface area contributed by atoms with Gasteiger partial charge in [0.1, 0.15) is 37.3 Å². The summed E-state index contributed by atoms with van der Waals surface area (Å²) in [7, 11) is -14.4. The molecule has 0 radical (unpaired) electrons. The predicted octanol–water partition coefficient (Wildman–Crippen LogP) is -2.62. The van der Waals surface area contributed by atoms with Crippen molar-refractivity contribution in [2.24, 2.45) is 20.5 Å². The zero-order valence-corrected chi connectivity index (χ0v) is 29.3. The molecule has 43 heavy (non-hydrogen) atoms. The smallest absolute Gasteiger partial charge is 0.744 e. The van der Waals surface area contributed by atoms with Crippen molar-refractivity contribution in [3.05, 3.63) is 54.1 Å². The molecule has 3 aromatic carbocycles. The van der Waals surface area contributed by atoms with E-state index >= 15 is 0 Å². The Morgan fingerprint density at radius 3 is 1.84 bits per heavy atom. The molecule has 0 heterocycles. The summed E-state index contributed by atoms with van der Waals surface area (Å²) in [6, 6.07) is 8.12. The summed E-state index contributed by atoms with van der Waals surface area (Å²) < 4.78 is 95.8. The van der Waals surface area contributed by atoms with Crippen molar-refractivity contribution < 1.29 is 103 Å². The van der Waals surface area contributed by atoms with Gasteiger partial charge in [-0.3, -0.25) is 0 Å². The van der Waals surface area contributed by atoms with Gasteiger partial charge in [-0.05, 0) is 55.0 Å². The van der Waals surface area contributed by atoms with Crippen LogP contribution in [0.1, 0.15) is 23.7 Å². The average Bonchev–Trinajstić information content (AvgIpc) is 2.87. The van der Waals surface area contributed by atoms with E-state index in [-0.39, 0.29) is 82.5 Å². The number of nitrogens with zero attached hydrogens (tertiary/aromatic N) is 4. The van der Waals surface area contributed by atoms with Crippen LogP contribution in [0.15, 0.2) is 83.7 Å². The van der Waals surface area contributed by atoms with Gasteiger partial charge in [-0.2, -0.15) is 5.11 Å². The number of nitrogen functional groups attached to an aromatic ring is 2. The second-order valence-electron chi connectivity index (χ2n) is 8.18. The van der Waals surface area contributed by atoms with Gasteiger partial charge in [0, 0.05) is 0 Å². The van der Waals surface area contributed by atoms with E-state index in [2.05, 4.69) is 20.5 Å². The molecule has 0 amide bonds. The minimum Gasteiger partial charge on any atom is -0.744 e. The molecule has 0 atom stereocenters. The number of carboxylic acids is 1. The summed E-state index contributed by atoms with van der Waals surface area (Å²) in [4.78, 5) is 8.51. The van der Waals surface area contributed by atoms with Crippen molar-refractivity contribution in [2.45, 2.75) is 28.0 Å². The van der Waals surface area contributed by atoms with Gasteiger partial charge in [0.2, 0.25) is 0 Å². The second-order valence-corrected chi connectivity index (χ2v) is 13.0. The Hall–Kier alpha value is -2.30. The molecule has 0 fully saturated rings. The molecule has 0 spiro atoms. The third kappa shape index (κ3) is 9.59. The van der Waals surface area contributed by atoms with Gasteiger partial charge < -0.3 is 25.7 Å². The van der Waals surface area contributed by atoms with Crippen molar-refractivity contribution >= 4 is 70.2 Å². The minimum atomic E-state index is -5.28. The van der Waals surface area contributed by atoms with Gasteiger partial charge in [0.15, 0.2) is 9.84 Å². The molecule has 16 nitrogen and oxygen atoms in total. The molecule has 21 heteroatoms. The van der Waals surface area contributed by atoms with Crippen LogP contribution >= 0.6 is 0 Å². The molecular formula is C22H20N6Na2O10S3. The number of nitrogens with two attached hydrogens (primary N) is 2. The largest absolute Gasteiger partial charge is 1.00 e. The second kappa shape index (κ2) is 15.1. The first-order chi connectivity index (χ1) is 19.0. The van der Waals surface area contributed by atoms with E-state index < -0.39 is 79.2 Å². The normalized spacial score (nSPS) is 12.2. The summed E-state index contributed by atoms with van der Waals surface area (Å²) in [6.45, 7) is 1.58. The standard InChI is InChI=1S/C22H22N6O10S3.2Na/c1-2-9-39(31,32)14-7-8-15(17(10-14)40(33,34)35)26-27-16-11-18(41(36,37)38)20(24)21(19(16)23)28-25-13-5-3-12(4-6-13)22(29)30;;/h3-8,10-11H,2,9,23-24H2,1H3,(H,29,30)(H,33,34,35)(H,36,37,38);;/q;2*+1/p-2. The fourth-order valence-corrected chi connectivity index (χ4v) is 5.98. The molecule has 0 aliphatic carbocycles. The number of hydrogen-bond donors (Lipinski definition) is 3. The van der Waals surface area contributed by atoms with Crippen LogP contribution in [0.25, 0.3) is 0 Å². The van der Waals surface area contributed by atoms with Crippen LogP contribution < -0.4 is 70.6 Å². The van der Waals surface area contributed by atoms with E-state index in [1.165, 1.54) is 24.3 Å². The van der Waals surface area contributed by atoms with Crippen LogP contribution in [-0.4, -0.2) is 51.2 Å². The number of rotatable bonds is 10. The van der Waals surface area contributed by atoms with E-state index in [9.17, 15) is 39.2 Å². The molecule has 0 saturated heterocycles. The first-order valence-corrected chi connectivity index (χ1v) is 15.6. The molecule has 218 valence electrons. The van der Waals surface area contributed by atoms with Crippen molar-refractivity contribution in [2.75, 3.05) is 17.2 Å². The van der Waals surface area contributed by atoms with Gasteiger partial charge in [-0.25, -0.2) is 30.0 Å². The maximum Gasteiger partial charge on any atom is 1.00 e. The number of aromatic carboxylic acids is 1. The van der Waals surface area contributed by atoms with E-state index in [4.69, 9.17) is 16.6 Å². The molecule has 0 bridgehead atoms. The number of benzene rings is 3. The van der Waals surface area contributed by atoms with Crippen molar-refractivity contribution in [3.63, 3.8) is 0 Å². The van der Waals surface area contributed by atoms with Crippen LogP contribution in [0.5, 0.6) is 0 Å². The average molecular weight is 671 g/mol. The van der Waals surface area contributed by atoms with Crippen LogP contribution in [0, 0.1) is 0 Å². The first kappa shape index (κ1) is 38.7. The summed E-state index contributed by atoms with van der Waals surface area (Å²) in [6.07, 6.45) is 0.220. The van der Waals surface area contributed by atoms with Crippen LogP contribution in [0.2, 0.25) is 0 Å². The Morgan fingerprint density at radius 1 is 0.767 bits per heavy atom. The molecule has 5 N–H and O–H groups in total. The molecule has 3 aromatic rings. The monoisotopic (exact) mass is 670 g/mol. The van der Waals surface area contributed by atoms with E-state index in [1.807, 2.05) is 0 Å². The molecule has 0 unspecified atom stereocenters. The number of sulfone groups is 1. The van der Waals surface area contributed by atoms with Gasteiger partial charge in [0.05, 0.1) is 43.1 Å². The quantitative estimate of drug-likeness (QED) is 0.0865. The summed E-state index contributed by atoms with van der Waals surface area (Å²) >= 11 is 0. The number of azo groups is 2. The topological polar surface area (TPSA) is 287 Å². The SMILES string of the molecule is CCCS(=O)(=O)c1ccc(N=Nc2cc(S(=O)(=O)[O-])c(N)c(N=Nc3ccc(C(=O)O)cc3)c2N)c(S(=O)(=O)[O-])c1.[Na+].[Na+]. The van der Waals surface area contributed by atoms with Gasteiger partial charge in [-0.1, -0.05) is 6.92 Å². The van der Waals surface area contributed by atoms with E-state index in [0.717, 1.165) is 12.1 Å². The van der Waals surface area contributed by atoms with Gasteiger partial charge in [-0.15, -0.1) is 15.3 Å². The predicted molar refractivity (Wildman–Crippen MR) is 142 cm³/mol. The third-order valence-electron chi connectivity index (χ3n) is 5.27. The third-order valence-corrected chi connectivity index (χ3v) is 8.93. The van der Waals surface area contributed by atoms with E-state index in [1.54, 1.807) is 6.92 Å². The molecule has 0 aliphatic rings. The number of anilines is 2. The maximum absolute atomic E-state index is 12.3. The fraction of sp³-hybridized carbons (Fsp3) is 0.136. The molecule has 0 aromatic heterocycles. The molecule has 3 rings (SSSR count). The summed E-state index contributed by atoms with van der Waals surface area (Å²) in [5.74, 6) is -1.52. The minimum absolute atomic E-state index is 0.